The molecular formula is C18H18N6OS. The maximum absolute atomic E-state index is 12.8. The molecule has 0 atom stereocenters. The Morgan fingerprint density at radius 1 is 1.04 bits per heavy atom. The Morgan fingerprint density at radius 2 is 1.88 bits per heavy atom. The molecule has 4 rings (SSSR count). The van der Waals surface area contributed by atoms with Crippen molar-refractivity contribution in [1.82, 2.24) is 24.8 Å². The molecule has 4 heterocycles. The zero-order valence-electron chi connectivity index (χ0n) is 14.4. The van der Waals surface area contributed by atoms with Crippen LogP contribution in [-0.4, -0.2) is 56.9 Å². The average Bonchev–Trinajstić information content (AvgIpc) is 3.18. The Balaban J connectivity index is 1.42. The first kappa shape index (κ1) is 16.6. The first-order chi connectivity index (χ1) is 12.7. The summed E-state index contributed by atoms with van der Waals surface area (Å²) in [7, 11) is 0. The van der Waals surface area contributed by atoms with Gasteiger partial charge in [0.2, 0.25) is 0 Å². The van der Waals surface area contributed by atoms with Crippen molar-refractivity contribution in [2.75, 3.05) is 31.1 Å². The molecular weight excluding hydrogens is 348 g/mol. The molecule has 0 radical (unpaired) electrons. The molecule has 1 aliphatic rings. The molecule has 1 aliphatic heterocycles. The number of aryl methyl sites for hydroxylation is 1. The van der Waals surface area contributed by atoms with Gasteiger partial charge in [-0.2, -0.15) is 0 Å². The normalized spacial score (nSPS) is 14.5. The lowest BCUT2D eigenvalue weighted by atomic mass is 10.3. The second kappa shape index (κ2) is 7.17. The second-order valence-corrected chi connectivity index (χ2v) is 7.02. The summed E-state index contributed by atoms with van der Waals surface area (Å²) in [5.41, 5.74) is 0.792. The maximum Gasteiger partial charge on any atom is 0.265 e. The minimum atomic E-state index is 0.0307. The van der Waals surface area contributed by atoms with Gasteiger partial charge >= 0.3 is 0 Å². The summed E-state index contributed by atoms with van der Waals surface area (Å²) < 4.78 is 0. The quantitative estimate of drug-likeness (QED) is 0.708. The molecule has 1 fully saturated rings. The van der Waals surface area contributed by atoms with Crippen LogP contribution in [0, 0.1) is 6.92 Å². The molecule has 0 bridgehead atoms. The van der Waals surface area contributed by atoms with Gasteiger partial charge in [0, 0.05) is 38.6 Å². The van der Waals surface area contributed by atoms with Gasteiger partial charge in [-0.05, 0) is 25.1 Å². The van der Waals surface area contributed by atoms with E-state index in [1.54, 1.807) is 18.6 Å². The summed E-state index contributed by atoms with van der Waals surface area (Å²) in [4.78, 5) is 34.7. The first-order valence-electron chi connectivity index (χ1n) is 8.42. The molecule has 0 spiro atoms. The number of anilines is 1. The smallest absolute Gasteiger partial charge is 0.265 e. The molecule has 3 aromatic rings. The number of piperazine rings is 1. The Kier molecular flexibility index (Phi) is 4.57. The van der Waals surface area contributed by atoms with Crippen LogP contribution in [0.5, 0.6) is 0 Å². The van der Waals surface area contributed by atoms with Crippen LogP contribution >= 0.6 is 11.3 Å². The van der Waals surface area contributed by atoms with Crippen molar-refractivity contribution in [3.8, 4) is 10.7 Å². The van der Waals surface area contributed by atoms with Gasteiger partial charge in [-0.3, -0.25) is 9.78 Å². The van der Waals surface area contributed by atoms with Crippen molar-refractivity contribution in [2.24, 2.45) is 0 Å². The van der Waals surface area contributed by atoms with Gasteiger partial charge in [0.25, 0.3) is 5.91 Å². The van der Waals surface area contributed by atoms with Crippen LogP contribution in [0.15, 0.2) is 42.9 Å². The standard InChI is InChI=1S/C18H18N6OS/c1-13-19-7-5-16(22-13)23-8-10-24(11-9-23)18(25)15-12-21-17(26-15)14-4-2-3-6-20-14/h2-7,12H,8-11H2,1H3. The molecule has 7 nitrogen and oxygen atoms in total. The molecule has 0 N–H and O–H groups in total. The number of aromatic nitrogens is 4. The van der Waals surface area contributed by atoms with Crippen molar-refractivity contribution >= 4 is 23.1 Å². The highest BCUT2D eigenvalue weighted by atomic mass is 32.1. The number of nitrogens with zero attached hydrogens (tertiary/aromatic N) is 6. The van der Waals surface area contributed by atoms with Crippen molar-refractivity contribution in [3.63, 3.8) is 0 Å². The van der Waals surface area contributed by atoms with E-state index in [-0.39, 0.29) is 5.91 Å². The van der Waals surface area contributed by atoms with Crippen LogP contribution in [0.3, 0.4) is 0 Å². The molecule has 132 valence electrons. The number of hydrogen-bond acceptors (Lipinski definition) is 7. The number of carbonyl (C=O) groups is 1. The number of amides is 1. The number of hydrogen-bond donors (Lipinski definition) is 0. The van der Waals surface area contributed by atoms with Crippen molar-refractivity contribution in [2.45, 2.75) is 6.92 Å². The van der Waals surface area contributed by atoms with Gasteiger partial charge in [-0.1, -0.05) is 6.07 Å². The molecule has 8 heteroatoms. The second-order valence-electron chi connectivity index (χ2n) is 5.99. The zero-order chi connectivity index (χ0) is 17.9. The SMILES string of the molecule is Cc1nccc(N2CCN(C(=O)c3cnc(-c4ccccn4)s3)CC2)n1. The Hall–Kier alpha value is -2.87. The molecule has 26 heavy (non-hydrogen) atoms. The molecule has 0 saturated carbocycles. The molecule has 0 aromatic carbocycles. The maximum atomic E-state index is 12.8. The fourth-order valence-electron chi connectivity index (χ4n) is 2.89. The van der Waals surface area contributed by atoms with Gasteiger partial charge in [-0.25, -0.2) is 15.0 Å². The van der Waals surface area contributed by atoms with Crippen molar-refractivity contribution in [3.05, 3.63) is 53.6 Å². The van der Waals surface area contributed by atoms with E-state index in [2.05, 4.69) is 24.8 Å². The van der Waals surface area contributed by atoms with E-state index in [9.17, 15) is 4.79 Å². The Labute approximate surface area is 155 Å². The molecule has 0 unspecified atom stereocenters. The first-order valence-corrected chi connectivity index (χ1v) is 9.23. The molecule has 0 aliphatic carbocycles. The average molecular weight is 366 g/mol. The highest BCUT2D eigenvalue weighted by molar-refractivity contribution is 7.16. The number of pyridine rings is 1. The summed E-state index contributed by atoms with van der Waals surface area (Å²) in [6.45, 7) is 4.73. The van der Waals surface area contributed by atoms with E-state index in [1.165, 1.54) is 11.3 Å². The third kappa shape index (κ3) is 3.41. The van der Waals surface area contributed by atoms with Crippen LogP contribution in [0.1, 0.15) is 15.5 Å². The van der Waals surface area contributed by atoms with Crippen LogP contribution in [0.25, 0.3) is 10.7 Å². The van der Waals surface area contributed by atoms with Gasteiger partial charge in [-0.15, -0.1) is 11.3 Å². The summed E-state index contributed by atoms with van der Waals surface area (Å²) in [6, 6.07) is 7.59. The van der Waals surface area contributed by atoms with E-state index in [0.717, 1.165) is 35.4 Å². The largest absolute Gasteiger partial charge is 0.353 e. The topological polar surface area (TPSA) is 75.1 Å². The minimum absolute atomic E-state index is 0.0307. The molecule has 3 aromatic heterocycles. The zero-order valence-corrected chi connectivity index (χ0v) is 15.2. The summed E-state index contributed by atoms with van der Waals surface area (Å²) in [5, 5.41) is 0.768. The minimum Gasteiger partial charge on any atom is -0.353 e. The summed E-state index contributed by atoms with van der Waals surface area (Å²) >= 11 is 1.39. The van der Waals surface area contributed by atoms with Gasteiger partial charge in [0.05, 0.1) is 11.9 Å². The molecule has 1 saturated heterocycles. The summed E-state index contributed by atoms with van der Waals surface area (Å²) in [6.07, 6.45) is 5.15. The predicted molar refractivity (Wildman–Crippen MR) is 100 cm³/mol. The highest BCUT2D eigenvalue weighted by Gasteiger charge is 2.24. The van der Waals surface area contributed by atoms with E-state index in [0.29, 0.717) is 18.0 Å². The van der Waals surface area contributed by atoms with E-state index < -0.39 is 0 Å². The predicted octanol–water partition coefficient (Wildman–Crippen LogP) is 2.27. The van der Waals surface area contributed by atoms with Crippen LogP contribution in [0.4, 0.5) is 5.82 Å². The monoisotopic (exact) mass is 366 g/mol. The van der Waals surface area contributed by atoms with Gasteiger partial charge in [0.1, 0.15) is 21.5 Å². The van der Waals surface area contributed by atoms with E-state index >= 15 is 0 Å². The number of carbonyl (C=O) groups excluding carboxylic acids is 1. The van der Waals surface area contributed by atoms with E-state index in [1.807, 2.05) is 36.1 Å². The van der Waals surface area contributed by atoms with Crippen LogP contribution < -0.4 is 4.90 Å². The number of rotatable bonds is 3. The third-order valence-electron chi connectivity index (χ3n) is 4.25. The van der Waals surface area contributed by atoms with Crippen molar-refractivity contribution < 1.29 is 4.79 Å². The fraction of sp³-hybridized carbons (Fsp3) is 0.278. The lowest BCUT2D eigenvalue weighted by Crippen LogP contribution is -2.49. The van der Waals surface area contributed by atoms with E-state index in [4.69, 9.17) is 0 Å². The number of thiazole rings is 1. The van der Waals surface area contributed by atoms with Gasteiger partial charge < -0.3 is 9.80 Å². The summed E-state index contributed by atoms with van der Waals surface area (Å²) in [5.74, 6) is 1.70. The lowest BCUT2D eigenvalue weighted by molar-refractivity contribution is 0.0751. The van der Waals surface area contributed by atoms with Crippen molar-refractivity contribution in [1.29, 1.82) is 0 Å². The van der Waals surface area contributed by atoms with Crippen LogP contribution in [-0.2, 0) is 0 Å². The highest BCUT2D eigenvalue weighted by Crippen LogP contribution is 2.24. The van der Waals surface area contributed by atoms with Crippen LogP contribution in [0.2, 0.25) is 0 Å². The lowest BCUT2D eigenvalue weighted by Gasteiger charge is -2.35. The Bertz CT molecular complexity index is 905. The van der Waals surface area contributed by atoms with Gasteiger partial charge in [0.15, 0.2) is 0 Å². The molecule has 1 amide bonds. The third-order valence-corrected chi connectivity index (χ3v) is 5.26. The fourth-order valence-corrected chi connectivity index (χ4v) is 3.76. The Morgan fingerprint density at radius 3 is 2.62 bits per heavy atom.